The van der Waals surface area contributed by atoms with Gasteiger partial charge in [0.1, 0.15) is 5.75 Å². The number of aliphatic imine (C=N–C) groups is 1. The predicted octanol–water partition coefficient (Wildman–Crippen LogP) is 4.50. The lowest BCUT2D eigenvalue weighted by molar-refractivity contribution is -0.128. The van der Waals surface area contributed by atoms with E-state index in [0.29, 0.717) is 28.9 Å². The fourth-order valence-corrected chi connectivity index (χ4v) is 3.80. The van der Waals surface area contributed by atoms with Gasteiger partial charge in [-0.05, 0) is 23.8 Å². The summed E-state index contributed by atoms with van der Waals surface area (Å²) in [5.74, 6) is 1.07. The van der Waals surface area contributed by atoms with Crippen LogP contribution in [0.15, 0.2) is 53.5 Å². The zero-order valence-corrected chi connectivity index (χ0v) is 15.7. The molecule has 0 saturated heterocycles. The molecule has 1 heterocycles. The highest BCUT2D eigenvalue weighted by Gasteiger charge is 2.24. The van der Waals surface area contributed by atoms with Crippen LogP contribution in [0.3, 0.4) is 0 Å². The monoisotopic (exact) mass is 394 g/mol. The molecule has 0 spiro atoms. The van der Waals surface area contributed by atoms with Crippen molar-refractivity contribution in [1.29, 1.82) is 0 Å². The molecule has 0 aromatic heterocycles. The second-order valence-electron chi connectivity index (χ2n) is 5.35. The lowest BCUT2D eigenvalue weighted by Crippen LogP contribution is -2.36. The van der Waals surface area contributed by atoms with Gasteiger partial charge < -0.3 is 4.74 Å². The van der Waals surface area contributed by atoms with Crippen molar-refractivity contribution in [2.45, 2.75) is 5.75 Å². The number of benzene rings is 2. The van der Waals surface area contributed by atoms with Crippen LogP contribution in [-0.4, -0.2) is 35.7 Å². The standard InChI is InChI=1S/C18H16Cl2N2O2S/c19-14-6-7-16(15(20)10-14)24-11-17(23)22-9-8-21-18(22)25-12-13-4-2-1-3-5-13/h1-7,10H,8-9,11-12H2. The van der Waals surface area contributed by atoms with Gasteiger partial charge in [-0.2, -0.15) is 0 Å². The van der Waals surface area contributed by atoms with Gasteiger partial charge in [-0.15, -0.1) is 0 Å². The van der Waals surface area contributed by atoms with E-state index in [-0.39, 0.29) is 12.5 Å². The molecular weight excluding hydrogens is 379 g/mol. The van der Waals surface area contributed by atoms with Gasteiger partial charge in [0.15, 0.2) is 11.8 Å². The Balaban J connectivity index is 1.55. The van der Waals surface area contributed by atoms with Gasteiger partial charge >= 0.3 is 0 Å². The van der Waals surface area contributed by atoms with Crippen LogP contribution >= 0.6 is 35.0 Å². The third-order valence-electron chi connectivity index (χ3n) is 3.56. The van der Waals surface area contributed by atoms with Crippen molar-refractivity contribution >= 4 is 46.0 Å². The van der Waals surface area contributed by atoms with Crippen LogP contribution < -0.4 is 4.74 Å². The van der Waals surface area contributed by atoms with Crippen LogP contribution in [0, 0.1) is 0 Å². The Morgan fingerprint density at radius 2 is 2.00 bits per heavy atom. The highest BCUT2D eigenvalue weighted by atomic mass is 35.5. The second-order valence-corrected chi connectivity index (χ2v) is 7.13. The molecule has 3 rings (SSSR count). The largest absolute Gasteiger partial charge is 0.482 e. The predicted molar refractivity (Wildman–Crippen MR) is 104 cm³/mol. The molecule has 0 saturated carbocycles. The van der Waals surface area contributed by atoms with Gasteiger partial charge in [-0.3, -0.25) is 14.7 Å². The first-order valence-electron chi connectivity index (χ1n) is 7.73. The number of halogens is 2. The summed E-state index contributed by atoms with van der Waals surface area (Å²) in [6.07, 6.45) is 0. The van der Waals surface area contributed by atoms with Gasteiger partial charge in [0.05, 0.1) is 11.6 Å². The lowest BCUT2D eigenvalue weighted by Gasteiger charge is -2.18. The average molecular weight is 395 g/mol. The van der Waals surface area contributed by atoms with E-state index in [1.165, 1.54) is 5.56 Å². The second kappa shape index (κ2) is 8.61. The molecule has 7 heteroatoms. The maximum atomic E-state index is 12.5. The van der Waals surface area contributed by atoms with Crippen LogP contribution in [0.2, 0.25) is 10.0 Å². The van der Waals surface area contributed by atoms with E-state index in [9.17, 15) is 4.79 Å². The fourth-order valence-electron chi connectivity index (χ4n) is 2.31. The Labute approximate surface area is 160 Å². The summed E-state index contributed by atoms with van der Waals surface area (Å²) in [7, 11) is 0. The number of carbonyl (C=O) groups is 1. The number of ether oxygens (including phenoxy) is 1. The van der Waals surface area contributed by atoms with E-state index < -0.39 is 0 Å². The van der Waals surface area contributed by atoms with Gasteiger partial charge in [0.2, 0.25) is 0 Å². The molecule has 0 fully saturated rings. The van der Waals surface area contributed by atoms with Crippen LogP contribution in [0.1, 0.15) is 5.56 Å². The fraction of sp³-hybridized carbons (Fsp3) is 0.222. The minimum Gasteiger partial charge on any atom is -0.482 e. The summed E-state index contributed by atoms with van der Waals surface area (Å²) in [5.41, 5.74) is 1.19. The topological polar surface area (TPSA) is 41.9 Å². The van der Waals surface area contributed by atoms with Crippen molar-refractivity contribution in [3.63, 3.8) is 0 Å². The summed E-state index contributed by atoms with van der Waals surface area (Å²) in [4.78, 5) is 18.5. The van der Waals surface area contributed by atoms with Crippen molar-refractivity contribution < 1.29 is 9.53 Å². The van der Waals surface area contributed by atoms with E-state index in [2.05, 4.69) is 17.1 Å². The number of carbonyl (C=O) groups excluding carboxylic acids is 1. The van der Waals surface area contributed by atoms with E-state index in [0.717, 1.165) is 10.9 Å². The SMILES string of the molecule is O=C(COc1ccc(Cl)cc1Cl)N1CCN=C1SCc1ccccc1. The molecule has 0 radical (unpaired) electrons. The summed E-state index contributed by atoms with van der Waals surface area (Å²) in [6.45, 7) is 1.10. The first-order valence-corrected chi connectivity index (χ1v) is 9.47. The van der Waals surface area contributed by atoms with Gasteiger partial charge in [0.25, 0.3) is 5.91 Å². The Hall–Kier alpha value is -1.69. The third-order valence-corrected chi connectivity index (χ3v) is 5.17. The molecule has 0 bridgehead atoms. The number of amides is 1. The summed E-state index contributed by atoms with van der Waals surface area (Å²) < 4.78 is 5.53. The highest BCUT2D eigenvalue weighted by Crippen LogP contribution is 2.27. The molecule has 2 aromatic rings. The molecule has 0 unspecified atom stereocenters. The first-order chi connectivity index (χ1) is 12.1. The Morgan fingerprint density at radius 1 is 1.20 bits per heavy atom. The van der Waals surface area contributed by atoms with Gasteiger partial charge in [0, 0.05) is 17.3 Å². The smallest absolute Gasteiger partial charge is 0.266 e. The molecule has 1 amide bonds. The Kier molecular flexibility index (Phi) is 6.24. The highest BCUT2D eigenvalue weighted by molar-refractivity contribution is 8.13. The molecule has 1 aliphatic heterocycles. The quantitative estimate of drug-likeness (QED) is 0.749. The maximum absolute atomic E-state index is 12.5. The number of thioether (sulfide) groups is 1. The molecule has 4 nitrogen and oxygen atoms in total. The summed E-state index contributed by atoms with van der Waals surface area (Å²) >= 11 is 13.5. The lowest BCUT2D eigenvalue weighted by atomic mass is 10.2. The van der Waals surface area contributed by atoms with E-state index in [1.807, 2.05) is 18.2 Å². The summed E-state index contributed by atoms with van der Waals surface area (Å²) in [6, 6.07) is 15.0. The number of amidine groups is 1. The molecule has 130 valence electrons. The molecular formula is C18H16Cl2N2O2S. The van der Waals surface area contributed by atoms with Crippen molar-refractivity contribution in [3.8, 4) is 5.75 Å². The Morgan fingerprint density at radius 3 is 2.76 bits per heavy atom. The molecule has 1 aliphatic rings. The van der Waals surface area contributed by atoms with Gasteiger partial charge in [-0.1, -0.05) is 65.3 Å². The zero-order valence-electron chi connectivity index (χ0n) is 13.3. The van der Waals surface area contributed by atoms with Crippen molar-refractivity contribution in [2.24, 2.45) is 4.99 Å². The molecule has 0 atom stereocenters. The maximum Gasteiger partial charge on any atom is 0.266 e. The van der Waals surface area contributed by atoms with Crippen molar-refractivity contribution in [3.05, 3.63) is 64.1 Å². The van der Waals surface area contributed by atoms with E-state index >= 15 is 0 Å². The van der Waals surface area contributed by atoms with Crippen LogP contribution in [-0.2, 0) is 10.5 Å². The van der Waals surface area contributed by atoms with Crippen LogP contribution in [0.5, 0.6) is 5.75 Å². The Bertz CT molecular complexity index is 784. The zero-order chi connectivity index (χ0) is 17.6. The third kappa shape index (κ3) is 4.91. The number of hydrogen-bond acceptors (Lipinski definition) is 4. The molecule has 25 heavy (non-hydrogen) atoms. The number of hydrogen-bond donors (Lipinski definition) is 0. The minimum absolute atomic E-state index is 0.0910. The number of rotatable bonds is 5. The molecule has 0 aliphatic carbocycles. The minimum atomic E-state index is -0.136. The van der Waals surface area contributed by atoms with Crippen LogP contribution in [0.4, 0.5) is 0 Å². The molecule has 0 N–H and O–H groups in total. The van der Waals surface area contributed by atoms with E-state index in [1.54, 1.807) is 34.9 Å². The van der Waals surface area contributed by atoms with E-state index in [4.69, 9.17) is 27.9 Å². The normalized spacial score (nSPS) is 13.7. The molecule has 2 aromatic carbocycles. The van der Waals surface area contributed by atoms with Crippen LogP contribution in [0.25, 0.3) is 0 Å². The van der Waals surface area contributed by atoms with Gasteiger partial charge in [-0.25, -0.2) is 0 Å². The van der Waals surface area contributed by atoms with Crippen molar-refractivity contribution in [1.82, 2.24) is 4.90 Å². The average Bonchev–Trinajstić information content (AvgIpc) is 3.08. The first kappa shape index (κ1) is 18.1. The number of nitrogens with zero attached hydrogens (tertiary/aromatic N) is 2. The van der Waals surface area contributed by atoms with Crippen molar-refractivity contribution in [2.75, 3.05) is 19.7 Å². The summed E-state index contributed by atoms with van der Waals surface area (Å²) in [5, 5.41) is 1.64.